The summed E-state index contributed by atoms with van der Waals surface area (Å²) >= 11 is 3.13. The van der Waals surface area contributed by atoms with Gasteiger partial charge >= 0.3 is 0 Å². The molecule has 1 heterocycles. The highest BCUT2D eigenvalue weighted by Crippen LogP contribution is 2.27. The van der Waals surface area contributed by atoms with Gasteiger partial charge in [-0.05, 0) is 49.9 Å². The number of halogens is 3. The molecule has 1 unspecified atom stereocenters. The van der Waals surface area contributed by atoms with E-state index in [9.17, 15) is 12.8 Å². The molecule has 0 radical (unpaired) electrons. The number of nitrogens with zero attached hydrogens (tertiary/aromatic N) is 1. The Morgan fingerprint density at radius 1 is 1.43 bits per heavy atom. The van der Waals surface area contributed by atoms with Crippen molar-refractivity contribution < 1.29 is 12.8 Å². The van der Waals surface area contributed by atoms with Gasteiger partial charge in [0, 0.05) is 17.6 Å². The molecule has 21 heavy (non-hydrogen) atoms. The van der Waals surface area contributed by atoms with E-state index < -0.39 is 15.8 Å². The maximum atomic E-state index is 13.9. The van der Waals surface area contributed by atoms with Gasteiger partial charge in [-0.25, -0.2) is 12.8 Å². The minimum atomic E-state index is -3.76. The highest BCUT2D eigenvalue weighted by atomic mass is 79.9. The van der Waals surface area contributed by atoms with Crippen LogP contribution in [0.1, 0.15) is 19.3 Å². The Labute approximate surface area is 139 Å². The van der Waals surface area contributed by atoms with Crippen LogP contribution in [0.25, 0.3) is 0 Å². The van der Waals surface area contributed by atoms with Crippen LogP contribution < -0.4 is 5.73 Å². The maximum Gasteiger partial charge on any atom is 0.245 e. The lowest BCUT2D eigenvalue weighted by molar-refractivity contribution is 0.257. The van der Waals surface area contributed by atoms with Gasteiger partial charge in [-0.15, -0.1) is 12.4 Å². The zero-order valence-electron chi connectivity index (χ0n) is 11.5. The first-order valence-electron chi connectivity index (χ1n) is 6.60. The Balaban J connectivity index is 0.00000220. The number of benzene rings is 1. The number of nitrogens with two attached hydrogens (primary N) is 1. The summed E-state index contributed by atoms with van der Waals surface area (Å²) in [6, 6.07) is 4.02. The minimum absolute atomic E-state index is 0. The van der Waals surface area contributed by atoms with Crippen LogP contribution in [0.5, 0.6) is 0 Å². The SMILES string of the molecule is Cl.NCCC1CCCN(S(=O)(=O)c2ccc(Br)cc2F)C1. The van der Waals surface area contributed by atoms with Crippen LogP contribution in [0.4, 0.5) is 4.39 Å². The fourth-order valence-corrected chi connectivity index (χ4v) is 4.47. The predicted molar refractivity (Wildman–Crippen MR) is 86.5 cm³/mol. The van der Waals surface area contributed by atoms with Crippen molar-refractivity contribution >= 4 is 38.4 Å². The van der Waals surface area contributed by atoms with E-state index in [0.717, 1.165) is 19.3 Å². The summed E-state index contributed by atoms with van der Waals surface area (Å²) in [5, 5.41) is 0. The third kappa shape index (κ3) is 4.39. The fraction of sp³-hybridized carbons (Fsp3) is 0.538. The summed E-state index contributed by atoms with van der Waals surface area (Å²) in [6.45, 7) is 1.42. The van der Waals surface area contributed by atoms with E-state index >= 15 is 0 Å². The van der Waals surface area contributed by atoms with Gasteiger partial charge in [-0.3, -0.25) is 0 Å². The van der Waals surface area contributed by atoms with Gasteiger partial charge in [-0.2, -0.15) is 4.31 Å². The van der Waals surface area contributed by atoms with Crippen molar-refractivity contribution in [1.82, 2.24) is 4.31 Å². The summed E-state index contributed by atoms with van der Waals surface area (Å²) in [5.74, 6) is -0.456. The smallest absolute Gasteiger partial charge is 0.245 e. The normalized spacial score (nSPS) is 20.0. The van der Waals surface area contributed by atoms with Crippen molar-refractivity contribution in [2.24, 2.45) is 11.7 Å². The fourth-order valence-electron chi connectivity index (χ4n) is 2.54. The molecule has 0 amide bonds. The molecule has 0 bridgehead atoms. The molecule has 8 heteroatoms. The van der Waals surface area contributed by atoms with Gasteiger partial charge in [-0.1, -0.05) is 15.9 Å². The van der Waals surface area contributed by atoms with E-state index in [0.29, 0.717) is 24.1 Å². The van der Waals surface area contributed by atoms with Crippen LogP contribution >= 0.6 is 28.3 Å². The molecule has 0 aromatic heterocycles. The van der Waals surface area contributed by atoms with Crippen molar-refractivity contribution in [3.05, 3.63) is 28.5 Å². The second-order valence-corrected chi connectivity index (χ2v) is 7.85. The molecule has 1 atom stereocenters. The van der Waals surface area contributed by atoms with Crippen LogP contribution in [-0.4, -0.2) is 32.4 Å². The van der Waals surface area contributed by atoms with E-state index in [2.05, 4.69) is 15.9 Å². The first-order chi connectivity index (χ1) is 9.45. The molecule has 1 saturated heterocycles. The molecule has 1 aromatic rings. The number of hydrogen-bond acceptors (Lipinski definition) is 3. The van der Waals surface area contributed by atoms with Crippen molar-refractivity contribution in [2.45, 2.75) is 24.2 Å². The monoisotopic (exact) mass is 400 g/mol. The lowest BCUT2D eigenvalue weighted by Crippen LogP contribution is -2.40. The molecule has 2 N–H and O–H groups in total. The Bertz CT molecular complexity index is 584. The Morgan fingerprint density at radius 2 is 2.14 bits per heavy atom. The molecule has 2 rings (SSSR count). The molecule has 1 aromatic carbocycles. The van der Waals surface area contributed by atoms with Crippen LogP contribution in [0.15, 0.2) is 27.6 Å². The van der Waals surface area contributed by atoms with Crippen molar-refractivity contribution in [3.63, 3.8) is 0 Å². The molecule has 0 aliphatic carbocycles. The van der Waals surface area contributed by atoms with Gasteiger partial charge in [0.05, 0.1) is 0 Å². The van der Waals surface area contributed by atoms with E-state index in [-0.39, 0.29) is 23.2 Å². The Kier molecular flexibility index (Phi) is 7.06. The molecule has 1 fully saturated rings. The summed E-state index contributed by atoms with van der Waals surface area (Å²) in [5.41, 5.74) is 5.53. The van der Waals surface area contributed by atoms with Crippen LogP contribution in [-0.2, 0) is 10.0 Å². The highest BCUT2D eigenvalue weighted by molar-refractivity contribution is 9.10. The summed E-state index contributed by atoms with van der Waals surface area (Å²) in [4.78, 5) is -0.255. The Hall–Kier alpha value is -0.210. The summed E-state index contributed by atoms with van der Waals surface area (Å²) in [6.07, 6.45) is 2.57. The standard InChI is InChI=1S/C13H18BrFN2O2S.ClH/c14-11-3-4-13(12(15)8-11)20(18,19)17-7-1-2-10(9-17)5-6-16;/h3-4,8,10H,1-2,5-7,9,16H2;1H. The lowest BCUT2D eigenvalue weighted by atomic mass is 9.96. The summed E-state index contributed by atoms with van der Waals surface area (Å²) in [7, 11) is -3.76. The lowest BCUT2D eigenvalue weighted by Gasteiger charge is -2.31. The third-order valence-electron chi connectivity index (χ3n) is 3.57. The zero-order valence-corrected chi connectivity index (χ0v) is 14.7. The molecule has 0 saturated carbocycles. The first kappa shape index (κ1) is 18.8. The zero-order chi connectivity index (χ0) is 14.8. The third-order valence-corrected chi connectivity index (χ3v) is 5.96. The van der Waals surface area contributed by atoms with Gasteiger partial charge in [0.1, 0.15) is 10.7 Å². The van der Waals surface area contributed by atoms with Gasteiger partial charge < -0.3 is 5.73 Å². The largest absolute Gasteiger partial charge is 0.330 e. The van der Waals surface area contributed by atoms with Gasteiger partial charge in [0.15, 0.2) is 0 Å². The average molecular weight is 402 g/mol. The Morgan fingerprint density at radius 3 is 2.76 bits per heavy atom. The number of piperidine rings is 1. The molecule has 1 aliphatic rings. The maximum absolute atomic E-state index is 13.9. The van der Waals surface area contributed by atoms with E-state index in [4.69, 9.17) is 5.73 Å². The van der Waals surface area contributed by atoms with Crippen molar-refractivity contribution in [2.75, 3.05) is 19.6 Å². The molecule has 120 valence electrons. The molecule has 4 nitrogen and oxygen atoms in total. The van der Waals surface area contributed by atoms with Crippen LogP contribution in [0, 0.1) is 11.7 Å². The number of hydrogen-bond donors (Lipinski definition) is 1. The van der Waals surface area contributed by atoms with E-state index in [1.807, 2.05) is 0 Å². The van der Waals surface area contributed by atoms with Crippen LogP contribution in [0.3, 0.4) is 0 Å². The molecular formula is C13H19BrClFN2O2S. The highest BCUT2D eigenvalue weighted by Gasteiger charge is 2.31. The topological polar surface area (TPSA) is 63.4 Å². The first-order valence-corrected chi connectivity index (χ1v) is 8.83. The quantitative estimate of drug-likeness (QED) is 0.844. The average Bonchev–Trinajstić information content (AvgIpc) is 2.39. The molecule has 0 spiro atoms. The second kappa shape index (κ2) is 7.87. The van der Waals surface area contributed by atoms with E-state index in [1.165, 1.54) is 22.5 Å². The predicted octanol–water partition coefficient (Wildman–Crippen LogP) is 2.76. The number of sulfonamides is 1. The second-order valence-electron chi connectivity index (χ2n) is 5.02. The van der Waals surface area contributed by atoms with Gasteiger partial charge in [0.25, 0.3) is 0 Å². The van der Waals surface area contributed by atoms with Crippen LogP contribution in [0.2, 0.25) is 0 Å². The molecular weight excluding hydrogens is 383 g/mol. The van der Waals surface area contributed by atoms with Crippen molar-refractivity contribution in [1.29, 1.82) is 0 Å². The molecule has 1 aliphatic heterocycles. The summed E-state index contributed by atoms with van der Waals surface area (Å²) < 4.78 is 40.8. The van der Waals surface area contributed by atoms with E-state index in [1.54, 1.807) is 0 Å². The minimum Gasteiger partial charge on any atom is -0.330 e. The number of rotatable bonds is 4. The van der Waals surface area contributed by atoms with Gasteiger partial charge in [0.2, 0.25) is 10.0 Å². The van der Waals surface area contributed by atoms with Crippen molar-refractivity contribution in [3.8, 4) is 0 Å².